The Morgan fingerprint density at radius 3 is 2.48 bits per heavy atom. The predicted molar refractivity (Wildman–Crippen MR) is 115 cm³/mol. The van der Waals surface area contributed by atoms with Crippen LogP contribution in [0.25, 0.3) is 0 Å². The van der Waals surface area contributed by atoms with Gasteiger partial charge in [-0.05, 0) is 29.8 Å². The molecule has 5 rings (SSSR count). The van der Waals surface area contributed by atoms with Crippen LogP contribution >= 0.6 is 11.3 Å². The molecule has 0 bridgehead atoms. The molecule has 2 aliphatic heterocycles. The fourth-order valence-electron chi connectivity index (χ4n) is 3.71. The lowest BCUT2D eigenvalue weighted by atomic mass is 10.1. The maximum Gasteiger partial charge on any atom is 0.231 e. The van der Waals surface area contributed by atoms with E-state index in [9.17, 15) is 0 Å². The molecule has 3 aromatic rings. The average Bonchev–Trinajstić information content (AvgIpc) is 3.39. The van der Waals surface area contributed by atoms with Gasteiger partial charge >= 0.3 is 0 Å². The Bertz CT molecular complexity index is 954. The molecular formula is C22H24N4O2S. The van der Waals surface area contributed by atoms with Gasteiger partial charge in [-0.3, -0.25) is 9.80 Å². The van der Waals surface area contributed by atoms with Crippen molar-refractivity contribution in [2.75, 3.05) is 38.3 Å². The fraction of sp³-hybridized carbons (Fsp3) is 0.318. The Labute approximate surface area is 174 Å². The third-order valence-electron chi connectivity index (χ3n) is 5.27. The van der Waals surface area contributed by atoms with Crippen LogP contribution in [0.2, 0.25) is 0 Å². The molecule has 3 heterocycles. The number of anilines is 2. The lowest BCUT2D eigenvalue weighted by molar-refractivity contribution is 0.121. The first-order valence-electron chi connectivity index (χ1n) is 9.91. The van der Waals surface area contributed by atoms with Crippen molar-refractivity contribution in [2.45, 2.75) is 13.1 Å². The maximum atomic E-state index is 5.49. The summed E-state index contributed by atoms with van der Waals surface area (Å²) >= 11 is 1.66. The van der Waals surface area contributed by atoms with Crippen molar-refractivity contribution in [3.8, 4) is 11.5 Å². The van der Waals surface area contributed by atoms with Gasteiger partial charge in [0.15, 0.2) is 16.6 Å². The number of nitrogens with zero attached hydrogens (tertiary/aromatic N) is 3. The summed E-state index contributed by atoms with van der Waals surface area (Å²) in [7, 11) is 0. The van der Waals surface area contributed by atoms with Crippen molar-refractivity contribution in [3.63, 3.8) is 0 Å². The summed E-state index contributed by atoms with van der Waals surface area (Å²) in [5, 5.41) is 6.48. The zero-order chi connectivity index (χ0) is 19.5. The van der Waals surface area contributed by atoms with Gasteiger partial charge in [0.05, 0.1) is 5.69 Å². The number of hydrogen-bond acceptors (Lipinski definition) is 7. The number of ether oxygens (including phenoxy) is 2. The van der Waals surface area contributed by atoms with Crippen LogP contribution in [-0.4, -0.2) is 47.8 Å². The van der Waals surface area contributed by atoms with E-state index >= 15 is 0 Å². The second-order valence-corrected chi connectivity index (χ2v) is 8.23. The number of para-hydroxylation sites is 1. The van der Waals surface area contributed by atoms with Gasteiger partial charge in [0, 0.05) is 50.3 Å². The van der Waals surface area contributed by atoms with Gasteiger partial charge in [-0.1, -0.05) is 24.3 Å². The molecule has 0 atom stereocenters. The highest BCUT2D eigenvalue weighted by Crippen LogP contribution is 2.33. The van der Waals surface area contributed by atoms with E-state index in [4.69, 9.17) is 14.5 Å². The zero-order valence-corrected chi connectivity index (χ0v) is 17.0. The van der Waals surface area contributed by atoms with Crippen LogP contribution in [0, 0.1) is 0 Å². The second kappa shape index (κ2) is 8.41. The van der Waals surface area contributed by atoms with Crippen LogP contribution in [0.5, 0.6) is 11.5 Å². The molecule has 2 aliphatic rings. The summed E-state index contributed by atoms with van der Waals surface area (Å²) in [5.74, 6) is 1.72. The van der Waals surface area contributed by atoms with Crippen LogP contribution in [-0.2, 0) is 13.1 Å². The summed E-state index contributed by atoms with van der Waals surface area (Å²) in [4.78, 5) is 9.73. The first-order chi connectivity index (χ1) is 14.3. The molecule has 2 aromatic carbocycles. The quantitative estimate of drug-likeness (QED) is 0.667. The van der Waals surface area contributed by atoms with Gasteiger partial charge in [0.2, 0.25) is 6.79 Å². The Morgan fingerprint density at radius 2 is 1.66 bits per heavy atom. The number of piperazine rings is 1. The van der Waals surface area contributed by atoms with E-state index in [0.717, 1.165) is 67.3 Å². The third-order valence-corrected chi connectivity index (χ3v) is 6.08. The van der Waals surface area contributed by atoms with E-state index in [1.165, 1.54) is 5.56 Å². The highest BCUT2D eigenvalue weighted by atomic mass is 32.1. The lowest BCUT2D eigenvalue weighted by Gasteiger charge is -2.34. The Hall–Kier alpha value is -2.61. The minimum absolute atomic E-state index is 0.330. The van der Waals surface area contributed by atoms with Crippen LogP contribution in [0.1, 0.15) is 11.3 Å². The predicted octanol–water partition coefficient (Wildman–Crippen LogP) is 3.93. The Morgan fingerprint density at radius 1 is 0.897 bits per heavy atom. The van der Waals surface area contributed by atoms with Crippen molar-refractivity contribution in [1.29, 1.82) is 0 Å². The summed E-state index contributed by atoms with van der Waals surface area (Å²) in [5.41, 5.74) is 3.49. The molecule has 1 saturated heterocycles. The molecule has 0 aliphatic carbocycles. The summed E-state index contributed by atoms with van der Waals surface area (Å²) in [6, 6.07) is 16.4. The molecule has 1 fully saturated rings. The second-order valence-electron chi connectivity index (χ2n) is 7.37. The lowest BCUT2D eigenvalue weighted by Crippen LogP contribution is -2.45. The number of nitrogens with one attached hydrogen (secondary N) is 1. The highest BCUT2D eigenvalue weighted by Gasteiger charge is 2.19. The van der Waals surface area contributed by atoms with Crippen LogP contribution in [0.3, 0.4) is 0 Å². The standard InChI is InChI=1S/C22H24N4O2S/c1-2-4-18(5-3-1)23-22-24-19(15-29-22)14-26-10-8-25(9-11-26)13-17-6-7-20-21(12-17)28-16-27-20/h1-7,12,15H,8-11,13-14,16H2,(H,23,24). The smallest absolute Gasteiger partial charge is 0.231 e. The number of fused-ring (bicyclic) bond motifs is 1. The number of thiazole rings is 1. The largest absolute Gasteiger partial charge is 0.454 e. The fourth-order valence-corrected chi connectivity index (χ4v) is 4.44. The molecule has 1 N–H and O–H groups in total. The zero-order valence-electron chi connectivity index (χ0n) is 16.2. The summed E-state index contributed by atoms with van der Waals surface area (Å²) in [6.45, 7) is 6.43. The summed E-state index contributed by atoms with van der Waals surface area (Å²) in [6.07, 6.45) is 0. The topological polar surface area (TPSA) is 49.9 Å². The van der Waals surface area contributed by atoms with Crippen molar-refractivity contribution in [3.05, 3.63) is 65.2 Å². The van der Waals surface area contributed by atoms with E-state index in [1.807, 2.05) is 24.3 Å². The van der Waals surface area contributed by atoms with Crippen LogP contribution in [0.4, 0.5) is 10.8 Å². The monoisotopic (exact) mass is 408 g/mol. The van der Waals surface area contributed by atoms with Crippen molar-refractivity contribution in [1.82, 2.24) is 14.8 Å². The third kappa shape index (κ3) is 4.53. The molecule has 7 heteroatoms. The SMILES string of the molecule is c1ccc(Nc2nc(CN3CCN(Cc4ccc5c(c4)OCO5)CC3)cs2)cc1. The number of hydrogen-bond donors (Lipinski definition) is 1. The van der Waals surface area contributed by atoms with E-state index in [2.05, 4.69) is 44.8 Å². The van der Waals surface area contributed by atoms with Gasteiger partial charge in [0.25, 0.3) is 0 Å². The van der Waals surface area contributed by atoms with Crippen molar-refractivity contribution < 1.29 is 9.47 Å². The summed E-state index contributed by atoms with van der Waals surface area (Å²) < 4.78 is 10.9. The van der Waals surface area contributed by atoms with E-state index in [0.29, 0.717) is 6.79 Å². The molecule has 6 nitrogen and oxygen atoms in total. The maximum absolute atomic E-state index is 5.49. The number of benzene rings is 2. The van der Waals surface area contributed by atoms with Crippen LogP contribution in [0.15, 0.2) is 53.9 Å². The molecule has 1 aromatic heterocycles. The molecule has 0 amide bonds. The minimum atomic E-state index is 0.330. The molecule has 0 spiro atoms. The normalized spacial score (nSPS) is 16.8. The molecular weight excluding hydrogens is 384 g/mol. The first-order valence-corrected chi connectivity index (χ1v) is 10.8. The van der Waals surface area contributed by atoms with Gasteiger partial charge in [0.1, 0.15) is 0 Å². The van der Waals surface area contributed by atoms with Gasteiger partial charge in [-0.2, -0.15) is 0 Å². The Balaban J connectivity index is 1.11. The van der Waals surface area contributed by atoms with Gasteiger partial charge in [-0.25, -0.2) is 4.98 Å². The molecule has 150 valence electrons. The average molecular weight is 409 g/mol. The highest BCUT2D eigenvalue weighted by molar-refractivity contribution is 7.13. The number of aromatic nitrogens is 1. The molecule has 29 heavy (non-hydrogen) atoms. The molecule has 0 saturated carbocycles. The molecule has 0 unspecified atom stereocenters. The van der Waals surface area contributed by atoms with Crippen LogP contribution < -0.4 is 14.8 Å². The van der Waals surface area contributed by atoms with Gasteiger partial charge in [-0.15, -0.1) is 11.3 Å². The minimum Gasteiger partial charge on any atom is -0.454 e. The number of rotatable bonds is 6. The molecule has 0 radical (unpaired) electrons. The first kappa shape index (κ1) is 18.4. The van der Waals surface area contributed by atoms with E-state index < -0.39 is 0 Å². The van der Waals surface area contributed by atoms with Crippen molar-refractivity contribution >= 4 is 22.2 Å². The van der Waals surface area contributed by atoms with Gasteiger partial charge < -0.3 is 14.8 Å². The van der Waals surface area contributed by atoms with E-state index in [1.54, 1.807) is 11.3 Å². The Kier molecular flexibility index (Phi) is 5.34. The van der Waals surface area contributed by atoms with Crippen molar-refractivity contribution in [2.24, 2.45) is 0 Å². The van der Waals surface area contributed by atoms with E-state index in [-0.39, 0.29) is 0 Å².